The zero-order chi connectivity index (χ0) is 19.3. The molecule has 2 heterocycles. The molecule has 1 atom stereocenters. The standard InChI is InChI=1S/C20H21NO5S/c1-24-15-8-7-14(11-16(15)25-2)12-19(22)21-13-20(23,17-5-3-9-26-17)18-6-4-10-27-18/h3-11,23H,12-13H2,1-2H3,(H,21,22). The van der Waals surface area contributed by atoms with E-state index in [0.29, 0.717) is 22.1 Å². The highest BCUT2D eigenvalue weighted by atomic mass is 32.1. The van der Waals surface area contributed by atoms with Gasteiger partial charge in [-0.25, -0.2) is 0 Å². The third-order valence-corrected chi connectivity index (χ3v) is 5.23. The van der Waals surface area contributed by atoms with Gasteiger partial charge in [-0.3, -0.25) is 4.79 Å². The van der Waals surface area contributed by atoms with Crippen molar-refractivity contribution in [2.24, 2.45) is 0 Å². The first-order valence-electron chi connectivity index (χ1n) is 8.35. The Labute approximate surface area is 161 Å². The number of carbonyl (C=O) groups excluding carboxylic acids is 1. The SMILES string of the molecule is COc1ccc(CC(=O)NCC(O)(c2ccco2)c2cccs2)cc1OC. The first-order valence-corrected chi connectivity index (χ1v) is 9.22. The van der Waals surface area contributed by atoms with Crippen LogP contribution in [0.2, 0.25) is 0 Å². The van der Waals surface area contributed by atoms with E-state index in [4.69, 9.17) is 13.9 Å². The minimum absolute atomic E-state index is 0.00709. The molecule has 0 saturated carbocycles. The van der Waals surface area contributed by atoms with E-state index in [1.54, 1.807) is 44.6 Å². The molecule has 0 radical (unpaired) electrons. The highest BCUT2D eigenvalue weighted by Crippen LogP contribution is 2.32. The van der Waals surface area contributed by atoms with Crippen LogP contribution in [0.15, 0.2) is 58.5 Å². The molecular formula is C20H21NO5S. The Hall–Kier alpha value is -2.77. The van der Waals surface area contributed by atoms with Crippen molar-refractivity contribution in [1.82, 2.24) is 5.32 Å². The van der Waals surface area contributed by atoms with E-state index in [1.807, 2.05) is 17.5 Å². The molecular weight excluding hydrogens is 366 g/mol. The van der Waals surface area contributed by atoms with Gasteiger partial charge in [-0.05, 0) is 41.3 Å². The summed E-state index contributed by atoms with van der Waals surface area (Å²) in [7, 11) is 3.11. The molecule has 0 fully saturated rings. The zero-order valence-corrected chi connectivity index (χ0v) is 15.9. The molecule has 3 rings (SSSR count). The lowest BCUT2D eigenvalue weighted by Crippen LogP contribution is -2.41. The number of furan rings is 1. The first kappa shape index (κ1) is 19.0. The van der Waals surface area contributed by atoms with Gasteiger partial charge in [0.1, 0.15) is 5.76 Å². The minimum atomic E-state index is -1.41. The number of hydrogen-bond acceptors (Lipinski definition) is 6. The number of rotatable bonds is 8. The fraction of sp³-hybridized carbons (Fsp3) is 0.250. The van der Waals surface area contributed by atoms with Crippen molar-refractivity contribution >= 4 is 17.2 Å². The normalized spacial score (nSPS) is 13.0. The molecule has 0 saturated heterocycles. The Morgan fingerprint density at radius 1 is 1.19 bits per heavy atom. The maximum atomic E-state index is 12.4. The summed E-state index contributed by atoms with van der Waals surface area (Å²) in [4.78, 5) is 13.1. The van der Waals surface area contributed by atoms with Gasteiger partial charge in [-0.1, -0.05) is 12.1 Å². The molecule has 6 nitrogen and oxygen atoms in total. The molecule has 0 bridgehead atoms. The highest BCUT2D eigenvalue weighted by Gasteiger charge is 2.36. The number of thiophene rings is 1. The Morgan fingerprint density at radius 3 is 2.63 bits per heavy atom. The number of nitrogens with one attached hydrogen (secondary N) is 1. The van der Waals surface area contributed by atoms with Gasteiger partial charge < -0.3 is 24.3 Å². The van der Waals surface area contributed by atoms with Gasteiger partial charge >= 0.3 is 0 Å². The summed E-state index contributed by atoms with van der Waals surface area (Å²) in [6.45, 7) is 0.00709. The molecule has 1 amide bonds. The third kappa shape index (κ3) is 4.15. The number of ether oxygens (including phenoxy) is 2. The van der Waals surface area contributed by atoms with Gasteiger partial charge in [-0.2, -0.15) is 0 Å². The summed E-state index contributed by atoms with van der Waals surface area (Å²) in [5.41, 5.74) is -0.631. The van der Waals surface area contributed by atoms with Crippen molar-refractivity contribution in [2.45, 2.75) is 12.0 Å². The zero-order valence-electron chi connectivity index (χ0n) is 15.1. The van der Waals surface area contributed by atoms with Crippen LogP contribution in [0.5, 0.6) is 11.5 Å². The van der Waals surface area contributed by atoms with Crippen LogP contribution < -0.4 is 14.8 Å². The summed E-state index contributed by atoms with van der Waals surface area (Å²) >= 11 is 1.40. The molecule has 7 heteroatoms. The number of amides is 1. The van der Waals surface area contributed by atoms with Crippen LogP contribution in [0.4, 0.5) is 0 Å². The topological polar surface area (TPSA) is 80.9 Å². The lowest BCUT2D eigenvalue weighted by Gasteiger charge is -2.25. The quantitative estimate of drug-likeness (QED) is 0.621. The molecule has 2 N–H and O–H groups in total. The van der Waals surface area contributed by atoms with E-state index in [9.17, 15) is 9.90 Å². The Morgan fingerprint density at radius 2 is 2.00 bits per heavy atom. The largest absolute Gasteiger partial charge is 0.493 e. The summed E-state index contributed by atoms with van der Waals surface area (Å²) < 4.78 is 15.9. The van der Waals surface area contributed by atoms with Gasteiger partial charge in [0.05, 0.1) is 33.4 Å². The summed E-state index contributed by atoms with van der Waals surface area (Å²) in [5.74, 6) is 1.33. The molecule has 3 aromatic rings. The molecule has 1 unspecified atom stereocenters. The van der Waals surface area contributed by atoms with Crippen LogP contribution in [0.25, 0.3) is 0 Å². The monoisotopic (exact) mass is 387 g/mol. The average Bonchev–Trinajstić information content (AvgIpc) is 3.40. The fourth-order valence-electron chi connectivity index (χ4n) is 2.79. The predicted octanol–water partition coefficient (Wildman–Crippen LogP) is 2.95. The van der Waals surface area contributed by atoms with Gasteiger partial charge in [-0.15, -0.1) is 11.3 Å². The van der Waals surface area contributed by atoms with Crippen molar-refractivity contribution in [3.63, 3.8) is 0 Å². The van der Waals surface area contributed by atoms with Crippen molar-refractivity contribution in [1.29, 1.82) is 0 Å². The first-order chi connectivity index (χ1) is 13.1. The second-order valence-corrected chi connectivity index (χ2v) is 6.91. The molecule has 142 valence electrons. The fourth-order valence-corrected chi connectivity index (χ4v) is 3.62. The van der Waals surface area contributed by atoms with Crippen LogP contribution in [0, 0.1) is 0 Å². The lowest BCUT2D eigenvalue weighted by molar-refractivity contribution is -0.121. The number of hydrogen-bond donors (Lipinski definition) is 2. The lowest BCUT2D eigenvalue weighted by atomic mass is 9.98. The maximum absolute atomic E-state index is 12.4. The van der Waals surface area contributed by atoms with Gasteiger partial charge in [0, 0.05) is 4.88 Å². The molecule has 0 aliphatic rings. The summed E-state index contributed by atoms with van der Waals surface area (Å²) in [6.07, 6.45) is 1.65. The second-order valence-electron chi connectivity index (χ2n) is 5.96. The number of carbonyl (C=O) groups is 1. The number of aliphatic hydroxyl groups is 1. The van der Waals surface area contributed by atoms with E-state index in [0.717, 1.165) is 5.56 Å². The minimum Gasteiger partial charge on any atom is -0.493 e. The number of benzene rings is 1. The Bertz CT molecular complexity index is 840. The molecule has 2 aromatic heterocycles. The maximum Gasteiger partial charge on any atom is 0.224 e. The van der Waals surface area contributed by atoms with E-state index < -0.39 is 5.60 Å². The van der Waals surface area contributed by atoms with E-state index >= 15 is 0 Å². The van der Waals surface area contributed by atoms with E-state index in [2.05, 4.69) is 5.32 Å². The van der Waals surface area contributed by atoms with Gasteiger partial charge in [0.15, 0.2) is 17.1 Å². The van der Waals surface area contributed by atoms with Crippen molar-refractivity contribution < 1.29 is 23.8 Å². The second kappa shape index (κ2) is 8.28. The van der Waals surface area contributed by atoms with Crippen molar-refractivity contribution in [3.05, 3.63) is 70.3 Å². The molecule has 0 spiro atoms. The van der Waals surface area contributed by atoms with E-state index in [1.165, 1.54) is 17.6 Å². The van der Waals surface area contributed by atoms with Crippen LogP contribution in [-0.2, 0) is 16.8 Å². The summed E-state index contributed by atoms with van der Waals surface area (Å²) in [5, 5.41) is 15.8. The predicted molar refractivity (Wildman–Crippen MR) is 102 cm³/mol. The van der Waals surface area contributed by atoms with Crippen LogP contribution >= 0.6 is 11.3 Å². The van der Waals surface area contributed by atoms with Crippen LogP contribution in [0.3, 0.4) is 0 Å². The van der Waals surface area contributed by atoms with E-state index in [-0.39, 0.29) is 18.9 Å². The molecule has 1 aromatic carbocycles. The molecule has 27 heavy (non-hydrogen) atoms. The Kier molecular flexibility index (Phi) is 5.83. The molecule has 0 aliphatic carbocycles. The van der Waals surface area contributed by atoms with Crippen molar-refractivity contribution in [2.75, 3.05) is 20.8 Å². The third-order valence-electron chi connectivity index (χ3n) is 4.21. The van der Waals surface area contributed by atoms with Gasteiger partial charge in [0.25, 0.3) is 0 Å². The van der Waals surface area contributed by atoms with Crippen LogP contribution in [-0.4, -0.2) is 31.8 Å². The van der Waals surface area contributed by atoms with Gasteiger partial charge in [0.2, 0.25) is 5.91 Å². The average molecular weight is 387 g/mol. The van der Waals surface area contributed by atoms with Crippen LogP contribution in [0.1, 0.15) is 16.2 Å². The summed E-state index contributed by atoms with van der Waals surface area (Å²) in [6, 6.07) is 12.4. The van der Waals surface area contributed by atoms with Crippen molar-refractivity contribution in [3.8, 4) is 11.5 Å². The molecule has 0 aliphatic heterocycles. The highest BCUT2D eigenvalue weighted by molar-refractivity contribution is 7.10. The number of methoxy groups -OCH3 is 2. The Balaban J connectivity index is 1.70. The smallest absolute Gasteiger partial charge is 0.224 e.